The van der Waals surface area contributed by atoms with Crippen molar-refractivity contribution < 1.29 is 14.3 Å². The van der Waals surface area contributed by atoms with Crippen molar-refractivity contribution in [2.75, 3.05) is 0 Å². The quantitative estimate of drug-likeness (QED) is 0.900. The Balaban J connectivity index is 2.18. The van der Waals surface area contributed by atoms with E-state index in [1.54, 1.807) is 6.92 Å². The average molecular weight is 246 g/mol. The highest BCUT2D eigenvalue weighted by Gasteiger charge is 2.12. The van der Waals surface area contributed by atoms with Crippen molar-refractivity contribution in [1.82, 2.24) is 0 Å². The molecule has 1 aromatic heterocycles. The standard InChI is InChI=1S/C14H14O4/c1-2-11-13(15)12(9-18-14(11)16)17-8-10-6-4-3-5-7-10/h3-7,9,16H,2,8H2,1H3. The van der Waals surface area contributed by atoms with Gasteiger partial charge in [0.1, 0.15) is 12.9 Å². The van der Waals surface area contributed by atoms with Crippen LogP contribution in [0.2, 0.25) is 0 Å². The molecule has 0 spiro atoms. The molecule has 18 heavy (non-hydrogen) atoms. The Hall–Kier alpha value is -2.23. The number of hydrogen-bond acceptors (Lipinski definition) is 4. The maximum Gasteiger partial charge on any atom is 0.289 e. The van der Waals surface area contributed by atoms with E-state index in [0.29, 0.717) is 13.0 Å². The summed E-state index contributed by atoms with van der Waals surface area (Å²) >= 11 is 0. The van der Waals surface area contributed by atoms with Crippen LogP contribution in [-0.2, 0) is 13.0 Å². The van der Waals surface area contributed by atoms with Gasteiger partial charge in [-0.25, -0.2) is 0 Å². The molecule has 0 atom stereocenters. The van der Waals surface area contributed by atoms with Gasteiger partial charge in [-0.3, -0.25) is 4.79 Å². The van der Waals surface area contributed by atoms with Crippen molar-refractivity contribution in [1.29, 1.82) is 0 Å². The minimum Gasteiger partial charge on any atom is -0.482 e. The third-order valence-electron chi connectivity index (χ3n) is 2.62. The van der Waals surface area contributed by atoms with E-state index in [9.17, 15) is 9.90 Å². The van der Waals surface area contributed by atoms with Crippen LogP contribution in [0.3, 0.4) is 0 Å². The maximum atomic E-state index is 11.9. The van der Waals surface area contributed by atoms with Gasteiger partial charge in [-0.05, 0) is 12.0 Å². The zero-order valence-corrected chi connectivity index (χ0v) is 10.1. The monoisotopic (exact) mass is 246 g/mol. The molecule has 4 heteroatoms. The molecule has 0 amide bonds. The first-order valence-electron chi connectivity index (χ1n) is 5.72. The molecule has 1 N–H and O–H groups in total. The van der Waals surface area contributed by atoms with Crippen LogP contribution in [0.1, 0.15) is 18.1 Å². The fourth-order valence-electron chi connectivity index (χ4n) is 1.63. The molecule has 94 valence electrons. The van der Waals surface area contributed by atoms with Crippen molar-refractivity contribution >= 4 is 0 Å². The lowest BCUT2D eigenvalue weighted by Gasteiger charge is -2.06. The molecule has 1 aromatic carbocycles. The van der Waals surface area contributed by atoms with E-state index in [1.807, 2.05) is 30.3 Å². The zero-order valence-electron chi connectivity index (χ0n) is 10.1. The zero-order chi connectivity index (χ0) is 13.0. The minimum absolute atomic E-state index is 0.119. The molecule has 0 unspecified atom stereocenters. The predicted molar refractivity (Wildman–Crippen MR) is 66.8 cm³/mol. The molecule has 1 heterocycles. The third kappa shape index (κ3) is 2.53. The molecule has 2 aromatic rings. The topological polar surface area (TPSA) is 59.7 Å². The van der Waals surface area contributed by atoms with Gasteiger partial charge in [-0.2, -0.15) is 0 Å². The molecule has 0 saturated carbocycles. The normalized spacial score (nSPS) is 10.3. The summed E-state index contributed by atoms with van der Waals surface area (Å²) in [7, 11) is 0. The molecule has 4 nitrogen and oxygen atoms in total. The molecule has 0 radical (unpaired) electrons. The molecule has 2 rings (SSSR count). The largest absolute Gasteiger partial charge is 0.482 e. The smallest absolute Gasteiger partial charge is 0.289 e. The van der Waals surface area contributed by atoms with Gasteiger partial charge in [0.15, 0.2) is 0 Å². The van der Waals surface area contributed by atoms with E-state index in [2.05, 4.69) is 0 Å². The maximum absolute atomic E-state index is 11.9. The van der Waals surface area contributed by atoms with Crippen molar-refractivity contribution in [3.05, 3.63) is 57.9 Å². The molecule has 0 fully saturated rings. The molecule has 0 saturated heterocycles. The van der Waals surface area contributed by atoms with E-state index in [-0.39, 0.29) is 22.7 Å². The van der Waals surface area contributed by atoms with E-state index in [0.717, 1.165) is 11.8 Å². The second kappa shape index (κ2) is 5.40. The molecule has 0 aliphatic heterocycles. The van der Waals surface area contributed by atoms with Crippen LogP contribution in [0.4, 0.5) is 0 Å². The van der Waals surface area contributed by atoms with Crippen LogP contribution < -0.4 is 10.2 Å². The first-order chi connectivity index (χ1) is 8.72. The summed E-state index contributed by atoms with van der Waals surface area (Å²) in [6.07, 6.45) is 1.54. The molecule has 0 bridgehead atoms. The Bertz CT molecular complexity index is 572. The van der Waals surface area contributed by atoms with Crippen LogP contribution in [0.5, 0.6) is 11.7 Å². The van der Waals surface area contributed by atoms with E-state index in [4.69, 9.17) is 9.15 Å². The van der Waals surface area contributed by atoms with E-state index >= 15 is 0 Å². The summed E-state index contributed by atoms with van der Waals surface area (Å²) in [5.41, 5.74) is 0.876. The number of ether oxygens (including phenoxy) is 1. The highest BCUT2D eigenvalue weighted by molar-refractivity contribution is 5.30. The Labute approximate surface area is 104 Å². The SMILES string of the molecule is CCc1c(O)occ(OCc2ccccc2)c1=O. The fraction of sp³-hybridized carbons (Fsp3) is 0.214. The first kappa shape index (κ1) is 12.2. The number of rotatable bonds is 4. The second-order valence-electron chi connectivity index (χ2n) is 3.84. The van der Waals surface area contributed by atoms with Crippen LogP contribution in [-0.4, -0.2) is 5.11 Å². The molecular weight excluding hydrogens is 232 g/mol. The summed E-state index contributed by atoms with van der Waals surface area (Å²) in [4.78, 5) is 11.9. The van der Waals surface area contributed by atoms with Crippen LogP contribution in [0.25, 0.3) is 0 Å². The Morgan fingerprint density at radius 3 is 2.67 bits per heavy atom. The van der Waals surface area contributed by atoms with Crippen LogP contribution in [0.15, 0.2) is 45.8 Å². The van der Waals surface area contributed by atoms with E-state index in [1.165, 1.54) is 0 Å². The lowest BCUT2D eigenvalue weighted by molar-refractivity contribution is 0.268. The number of aromatic hydroxyl groups is 1. The van der Waals surface area contributed by atoms with Gasteiger partial charge >= 0.3 is 0 Å². The van der Waals surface area contributed by atoms with Crippen LogP contribution >= 0.6 is 0 Å². The first-order valence-corrected chi connectivity index (χ1v) is 5.72. The number of hydrogen-bond donors (Lipinski definition) is 1. The summed E-state index contributed by atoms with van der Waals surface area (Å²) in [5.74, 6) is -0.219. The summed E-state index contributed by atoms with van der Waals surface area (Å²) in [5, 5.41) is 9.38. The fourth-order valence-corrected chi connectivity index (χ4v) is 1.63. The minimum atomic E-state index is -0.338. The molecule has 0 aliphatic carbocycles. The van der Waals surface area contributed by atoms with Gasteiger partial charge in [0.05, 0.1) is 5.56 Å². The Morgan fingerprint density at radius 2 is 2.00 bits per heavy atom. The van der Waals surface area contributed by atoms with Crippen molar-refractivity contribution in [3.8, 4) is 11.7 Å². The third-order valence-corrected chi connectivity index (χ3v) is 2.62. The Morgan fingerprint density at radius 1 is 1.28 bits per heavy atom. The predicted octanol–water partition coefficient (Wildman–Crippen LogP) is 2.49. The highest BCUT2D eigenvalue weighted by atomic mass is 16.5. The molecular formula is C14H14O4. The summed E-state index contributed by atoms with van der Waals surface area (Å²) < 4.78 is 10.3. The van der Waals surface area contributed by atoms with Gasteiger partial charge in [0.2, 0.25) is 11.2 Å². The van der Waals surface area contributed by atoms with Gasteiger partial charge in [-0.1, -0.05) is 37.3 Å². The van der Waals surface area contributed by atoms with Gasteiger partial charge in [-0.15, -0.1) is 0 Å². The Kier molecular flexibility index (Phi) is 3.67. The average Bonchev–Trinajstić information content (AvgIpc) is 2.40. The lowest BCUT2D eigenvalue weighted by Crippen LogP contribution is -2.12. The highest BCUT2D eigenvalue weighted by Crippen LogP contribution is 2.18. The van der Waals surface area contributed by atoms with Crippen molar-refractivity contribution in [2.24, 2.45) is 0 Å². The van der Waals surface area contributed by atoms with Crippen molar-refractivity contribution in [3.63, 3.8) is 0 Å². The van der Waals surface area contributed by atoms with Gasteiger partial charge in [0.25, 0.3) is 5.95 Å². The summed E-state index contributed by atoms with van der Waals surface area (Å²) in [6, 6.07) is 9.52. The van der Waals surface area contributed by atoms with Gasteiger partial charge in [0, 0.05) is 0 Å². The number of benzene rings is 1. The van der Waals surface area contributed by atoms with Gasteiger partial charge < -0.3 is 14.3 Å². The van der Waals surface area contributed by atoms with Crippen molar-refractivity contribution in [2.45, 2.75) is 20.0 Å². The van der Waals surface area contributed by atoms with Crippen LogP contribution in [0, 0.1) is 0 Å². The van der Waals surface area contributed by atoms with E-state index < -0.39 is 0 Å². The lowest BCUT2D eigenvalue weighted by atomic mass is 10.2. The molecule has 0 aliphatic rings. The second-order valence-corrected chi connectivity index (χ2v) is 3.84. The summed E-state index contributed by atoms with van der Waals surface area (Å²) in [6.45, 7) is 2.06.